The number of aromatic amines is 1. The van der Waals surface area contributed by atoms with E-state index in [-0.39, 0.29) is 23.5 Å². The molecule has 0 aromatic carbocycles. The molecule has 2 aromatic rings. The Balaban J connectivity index is 1.36. The standard InChI is InChI=1S/C18H22N4O3S/c23-18(21-10-13-5-9-26(24,25)12-13)22-7-3-14(4-8-22)16-11-20-17-15(16)2-1-6-19-17/h1-3,6,11,13H,4-5,7-10,12H2,(H,19,20)(H,21,23). The van der Waals surface area contributed by atoms with Crippen LogP contribution in [0.15, 0.2) is 30.6 Å². The highest BCUT2D eigenvalue weighted by atomic mass is 32.2. The van der Waals surface area contributed by atoms with Gasteiger partial charge in [0.15, 0.2) is 9.84 Å². The van der Waals surface area contributed by atoms with Gasteiger partial charge in [-0.25, -0.2) is 18.2 Å². The zero-order valence-corrected chi connectivity index (χ0v) is 15.3. The number of hydrogen-bond acceptors (Lipinski definition) is 4. The fourth-order valence-corrected chi connectivity index (χ4v) is 5.56. The molecule has 2 aliphatic rings. The monoisotopic (exact) mass is 374 g/mol. The van der Waals surface area contributed by atoms with Crippen molar-refractivity contribution < 1.29 is 13.2 Å². The first-order chi connectivity index (χ1) is 12.5. The third-order valence-electron chi connectivity index (χ3n) is 5.16. The maximum atomic E-state index is 12.3. The van der Waals surface area contributed by atoms with Crippen molar-refractivity contribution in [1.29, 1.82) is 0 Å². The van der Waals surface area contributed by atoms with Crippen molar-refractivity contribution in [3.63, 3.8) is 0 Å². The van der Waals surface area contributed by atoms with Crippen LogP contribution in [0.25, 0.3) is 16.6 Å². The molecule has 0 spiro atoms. The van der Waals surface area contributed by atoms with Crippen LogP contribution in [0.2, 0.25) is 0 Å². The Labute approximate surface area is 152 Å². The number of rotatable bonds is 3. The van der Waals surface area contributed by atoms with E-state index >= 15 is 0 Å². The van der Waals surface area contributed by atoms with E-state index in [1.807, 2.05) is 18.3 Å². The van der Waals surface area contributed by atoms with Crippen molar-refractivity contribution in [2.75, 3.05) is 31.1 Å². The lowest BCUT2D eigenvalue weighted by atomic mass is 10.00. The van der Waals surface area contributed by atoms with Gasteiger partial charge in [-0.15, -0.1) is 0 Å². The van der Waals surface area contributed by atoms with Gasteiger partial charge in [0, 0.05) is 43.0 Å². The molecule has 2 aromatic heterocycles. The van der Waals surface area contributed by atoms with E-state index in [9.17, 15) is 13.2 Å². The molecule has 0 aliphatic carbocycles. The minimum atomic E-state index is -2.90. The highest BCUT2D eigenvalue weighted by molar-refractivity contribution is 7.91. The first kappa shape index (κ1) is 17.1. The second kappa shape index (κ2) is 6.75. The first-order valence-electron chi connectivity index (χ1n) is 8.86. The average Bonchev–Trinajstić information content (AvgIpc) is 3.23. The second-order valence-corrected chi connectivity index (χ2v) is 9.21. The molecule has 4 rings (SSSR count). The van der Waals surface area contributed by atoms with Crippen molar-refractivity contribution in [2.24, 2.45) is 5.92 Å². The van der Waals surface area contributed by atoms with E-state index < -0.39 is 9.84 Å². The summed E-state index contributed by atoms with van der Waals surface area (Å²) in [5.74, 6) is 0.466. The molecule has 2 amide bonds. The molecule has 0 radical (unpaired) electrons. The van der Waals surface area contributed by atoms with E-state index in [1.165, 1.54) is 5.57 Å². The number of pyridine rings is 1. The van der Waals surface area contributed by atoms with Crippen LogP contribution in [-0.4, -0.2) is 60.5 Å². The number of nitrogens with zero attached hydrogens (tertiary/aromatic N) is 2. The fraction of sp³-hybridized carbons (Fsp3) is 0.444. The normalized spacial score (nSPS) is 22.4. The maximum absolute atomic E-state index is 12.3. The molecule has 2 N–H and O–H groups in total. The number of carbonyl (C=O) groups is 1. The predicted molar refractivity (Wildman–Crippen MR) is 100 cm³/mol. The number of hydrogen-bond donors (Lipinski definition) is 2. The highest BCUT2D eigenvalue weighted by Gasteiger charge is 2.28. The largest absolute Gasteiger partial charge is 0.346 e. The van der Waals surface area contributed by atoms with E-state index in [2.05, 4.69) is 21.4 Å². The number of fused-ring (bicyclic) bond motifs is 1. The lowest BCUT2D eigenvalue weighted by Crippen LogP contribution is -2.43. The Morgan fingerprint density at radius 1 is 1.42 bits per heavy atom. The number of H-pyrrole nitrogens is 1. The molecule has 0 saturated carbocycles. The van der Waals surface area contributed by atoms with Crippen molar-refractivity contribution in [3.05, 3.63) is 36.2 Å². The van der Waals surface area contributed by atoms with Gasteiger partial charge < -0.3 is 15.2 Å². The molecule has 1 atom stereocenters. The summed E-state index contributed by atoms with van der Waals surface area (Å²) in [5.41, 5.74) is 3.23. The summed E-state index contributed by atoms with van der Waals surface area (Å²) in [6.45, 7) is 1.63. The number of carbonyl (C=O) groups excluding carboxylic acids is 1. The van der Waals surface area contributed by atoms with Gasteiger partial charge in [0.2, 0.25) is 0 Å². The average molecular weight is 374 g/mol. The topological polar surface area (TPSA) is 95.2 Å². The van der Waals surface area contributed by atoms with Gasteiger partial charge in [0.1, 0.15) is 5.65 Å². The molecule has 0 bridgehead atoms. The molecular formula is C18H22N4O3S. The molecule has 1 unspecified atom stereocenters. The minimum Gasteiger partial charge on any atom is -0.346 e. The van der Waals surface area contributed by atoms with Gasteiger partial charge >= 0.3 is 6.03 Å². The van der Waals surface area contributed by atoms with Crippen LogP contribution in [0.1, 0.15) is 18.4 Å². The summed E-state index contributed by atoms with van der Waals surface area (Å²) in [5, 5.41) is 3.98. The van der Waals surface area contributed by atoms with Crippen LogP contribution in [0.3, 0.4) is 0 Å². The van der Waals surface area contributed by atoms with Crippen LogP contribution < -0.4 is 5.32 Å². The smallest absolute Gasteiger partial charge is 0.317 e. The highest BCUT2D eigenvalue weighted by Crippen LogP contribution is 2.28. The number of aromatic nitrogens is 2. The zero-order chi connectivity index (χ0) is 18.1. The van der Waals surface area contributed by atoms with Gasteiger partial charge in [0.25, 0.3) is 0 Å². The molecule has 1 fully saturated rings. The van der Waals surface area contributed by atoms with Gasteiger partial charge in [-0.3, -0.25) is 0 Å². The number of urea groups is 1. The van der Waals surface area contributed by atoms with Crippen molar-refractivity contribution in [3.8, 4) is 0 Å². The predicted octanol–water partition coefficient (Wildman–Crippen LogP) is 1.80. The summed E-state index contributed by atoms with van der Waals surface area (Å²) in [6, 6.07) is 3.85. The van der Waals surface area contributed by atoms with Crippen LogP contribution in [0.5, 0.6) is 0 Å². The fourth-order valence-electron chi connectivity index (χ4n) is 3.70. The maximum Gasteiger partial charge on any atom is 0.317 e. The van der Waals surface area contributed by atoms with Crippen LogP contribution in [0, 0.1) is 5.92 Å². The lowest BCUT2D eigenvalue weighted by Gasteiger charge is -2.27. The summed E-state index contributed by atoms with van der Waals surface area (Å²) in [6.07, 6.45) is 7.24. The SMILES string of the molecule is O=C(NCC1CCS(=O)(=O)C1)N1CC=C(c2c[nH]c3ncccc23)CC1. The number of sulfone groups is 1. The van der Waals surface area contributed by atoms with Crippen LogP contribution >= 0.6 is 0 Å². The van der Waals surface area contributed by atoms with E-state index in [4.69, 9.17) is 0 Å². The molecule has 7 nitrogen and oxygen atoms in total. The molecule has 26 heavy (non-hydrogen) atoms. The van der Waals surface area contributed by atoms with Gasteiger partial charge in [-0.1, -0.05) is 6.08 Å². The second-order valence-electron chi connectivity index (χ2n) is 6.98. The van der Waals surface area contributed by atoms with Crippen molar-refractivity contribution in [1.82, 2.24) is 20.2 Å². The Morgan fingerprint density at radius 3 is 3.04 bits per heavy atom. The molecule has 8 heteroatoms. The first-order valence-corrected chi connectivity index (χ1v) is 10.7. The van der Waals surface area contributed by atoms with Crippen LogP contribution in [-0.2, 0) is 9.84 Å². The van der Waals surface area contributed by atoms with Gasteiger partial charge in [0.05, 0.1) is 11.5 Å². The molecular weight excluding hydrogens is 352 g/mol. The summed E-state index contributed by atoms with van der Waals surface area (Å²) in [7, 11) is -2.90. The third-order valence-corrected chi connectivity index (χ3v) is 7.00. The quantitative estimate of drug-likeness (QED) is 0.856. The third kappa shape index (κ3) is 3.46. The summed E-state index contributed by atoms with van der Waals surface area (Å²) in [4.78, 5) is 21.6. The summed E-state index contributed by atoms with van der Waals surface area (Å²) < 4.78 is 23.0. The van der Waals surface area contributed by atoms with Gasteiger partial charge in [-0.2, -0.15) is 0 Å². The molecule has 4 heterocycles. The van der Waals surface area contributed by atoms with E-state index in [0.717, 1.165) is 23.0 Å². The Morgan fingerprint density at radius 2 is 2.31 bits per heavy atom. The zero-order valence-electron chi connectivity index (χ0n) is 14.4. The van der Waals surface area contributed by atoms with Crippen LogP contribution in [0.4, 0.5) is 4.79 Å². The summed E-state index contributed by atoms with van der Waals surface area (Å²) >= 11 is 0. The van der Waals surface area contributed by atoms with Crippen molar-refractivity contribution in [2.45, 2.75) is 12.8 Å². The van der Waals surface area contributed by atoms with Gasteiger partial charge in [-0.05, 0) is 36.5 Å². The number of amides is 2. The lowest BCUT2D eigenvalue weighted by molar-refractivity contribution is 0.201. The van der Waals surface area contributed by atoms with Crippen molar-refractivity contribution >= 4 is 32.5 Å². The Hall–Kier alpha value is -2.35. The molecule has 2 aliphatic heterocycles. The number of nitrogens with one attached hydrogen (secondary N) is 2. The van der Waals surface area contributed by atoms with E-state index in [1.54, 1.807) is 11.1 Å². The minimum absolute atomic E-state index is 0.0403. The van der Waals surface area contributed by atoms with E-state index in [0.29, 0.717) is 26.1 Å². The molecule has 138 valence electrons. The Bertz CT molecular complexity index is 964. The Kier molecular flexibility index (Phi) is 4.44. The molecule has 1 saturated heterocycles.